The number of piperazine rings is 1. The van der Waals surface area contributed by atoms with Crippen molar-refractivity contribution in [2.45, 2.75) is 38.6 Å². The van der Waals surface area contributed by atoms with Crippen LogP contribution in [0.25, 0.3) is 0 Å². The Kier molecular flexibility index (Phi) is 5.99. The lowest BCUT2D eigenvalue weighted by atomic mass is 9.87. The fourth-order valence-electron chi connectivity index (χ4n) is 3.33. The van der Waals surface area contributed by atoms with Crippen LogP contribution in [-0.2, 0) is 9.59 Å². The van der Waals surface area contributed by atoms with Gasteiger partial charge in [-0.05, 0) is 18.8 Å². The van der Waals surface area contributed by atoms with Crippen molar-refractivity contribution in [1.29, 1.82) is 0 Å². The molecule has 2 fully saturated rings. The first-order valence-electron chi connectivity index (χ1n) is 8.08. The van der Waals surface area contributed by atoms with Gasteiger partial charge in [-0.2, -0.15) is 0 Å². The van der Waals surface area contributed by atoms with Gasteiger partial charge in [-0.15, -0.1) is 0 Å². The summed E-state index contributed by atoms with van der Waals surface area (Å²) in [5.74, 6) is 0.831. The van der Waals surface area contributed by atoms with Gasteiger partial charge in [0, 0.05) is 32.2 Å². The van der Waals surface area contributed by atoms with E-state index in [4.69, 9.17) is 5.73 Å². The van der Waals surface area contributed by atoms with Gasteiger partial charge in [0.1, 0.15) is 0 Å². The van der Waals surface area contributed by atoms with Crippen LogP contribution in [0.1, 0.15) is 32.6 Å². The van der Waals surface area contributed by atoms with Crippen molar-refractivity contribution in [2.24, 2.45) is 11.7 Å². The SMILES string of the molecule is CC1CCCC(NC(=O)CN2CCN(C(=O)CN)CC2)C1. The molecule has 0 aromatic carbocycles. The third kappa shape index (κ3) is 4.97. The highest BCUT2D eigenvalue weighted by Gasteiger charge is 2.24. The van der Waals surface area contributed by atoms with Crippen LogP contribution in [0.5, 0.6) is 0 Å². The third-order valence-corrected chi connectivity index (χ3v) is 4.57. The molecule has 1 heterocycles. The standard InChI is InChI=1S/C15H28N4O2/c1-12-3-2-4-13(9-12)17-14(20)11-18-5-7-19(8-6-18)15(21)10-16/h12-13H,2-11,16H2,1H3,(H,17,20). The highest BCUT2D eigenvalue weighted by Crippen LogP contribution is 2.23. The topological polar surface area (TPSA) is 78.7 Å². The van der Waals surface area contributed by atoms with Crippen molar-refractivity contribution in [3.8, 4) is 0 Å². The Balaban J connectivity index is 1.68. The molecule has 6 heteroatoms. The van der Waals surface area contributed by atoms with Gasteiger partial charge in [0.25, 0.3) is 0 Å². The fourth-order valence-corrected chi connectivity index (χ4v) is 3.33. The van der Waals surface area contributed by atoms with E-state index in [1.165, 1.54) is 12.8 Å². The molecule has 6 nitrogen and oxygen atoms in total. The normalized spacial score (nSPS) is 27.4. The first kappa shape index (κ1) is 16.2. The Morgan fingerprint density at radius 2 is 1.90 bits per heavy atom. The Morgan fingerprint density at radius 3 is 2.52 bits per heavy atom. The Labute approximate surface area is 127 Å². The summed E-state index contributed by atoms with van der Waals surface area (Å²) in [6.07, 6.45) is 4.70. The van der Waals surface area contributed by atoms with Crippen molar-refractivity contribution in [3.63, 3.8) is 0 Å². The van der Waals surface area contributed by atoms with Gasteiger partial charge in [-0.25, -0.2) is 0 Å². The quantitative estimate of drug-likeness (QED) is 0.752. The number of amides is 2. The minimum Gasteiger partial charge on any atom is -0.352 e. The summed E-state index contributed by atoms with van der Waals surface area (Å²) in [5, 5.41) is 3.16. The van der Waals surface area contributed by atoms with Gasteiger partial charge in [0.05, 0.1) is 13.1 Å². The monoisotopic (exact) mass is 296 g/mol. The summed E-state index contributed by atoms with van der Waals surface area (Å²) >= 11 is 0. The second-order valence-corrected chi connectivity index (χ2v) is 6.40. The molecule has 1 aliphatic carbocycles. The average Bonchev–Trinajstić information content (AvgIpc) is 2.47. The van der Waals surface area contributed by atoms with Crippen LogP contribution in [-0.4, -0.2) is 66.9 Å². The molecule has 2 aliphatic rings. The summed E-state index contributed by atoms with van der Waals surface area (Å²) in [6.45, 7) is 5.61. The summed E-state index contributed by atoms with van der Waals surface area (Å²) in [4.78, 5) is 27.5. The van der Waals surface area contributed by atoms with Crippen molar-refractivity contribution < 1.29 is 9.59 Å². The zero-order valence-corrected chi connectivity index (χ0v) is 13.0. The molecule has 0 radical (unpaired) electrons. The number of rotatable bonds is 4. The molecule has 3 N–H and O–H groups in total. The van der Waals surface area contributed by atoms with Crippen LogP contribution >= 0.6 is 0 Å². The van der Waals surface area contributed by atoms with Gasteiger partial charge >= 0.3 is 0 Å². The van der Waals surface area contributed by atoms with Gasteiger partial charge in [-0.3, -0.25) is 14.5 Å². The molecule has 1 saturated carbocycles. The van der Waals surface area contributed by atoms with E-state index in [2.05, 4.69) is 17.1 Å². The summed E-state index contributed by atoms with van der Waals surface area (Å²) in [7, 11) is 0. The van der Waals surface area contributed by atoms with Gasteiger partial charge in [0.15, 0.2) is 0 Å². The molecular formula is C15H28N4O2. The lowest BCUT2D eigenvalue weighted by Crippen LogP contribution is -2.53. The molecule has 1 aliphatic heterocycles. The minimum absolute atomic E-state index is 0.00436. The van der Waals surface area contributed by atoms with Crippen molar-refractivity contribution in [1.82, 2.24) is 15.1 Å². The summed E-state index contributed by atoms with van der Waals surface area (Å²) in [6, 6.07) is 0.348. The maximum absolute atomic E-state index is 12.1. The summed E-state index contributed by atoms with van der Waals surface area (Å²) < 4.78 is 0. The first-order valence-corrected chi connectivity index (χ1v) is 8.08. The number of carbonyl (C=O) groups excluding carboxylic acids is 2. The number of nitrogens with zero attached hydrogens (tertiary/aromatic N) is 2. The van der Waals surface area contributed by atoms with Crippen LogP contribution in [0.3, 0.4) is 0 Å². The summed E-state index contributed by atoms with van der Waals surface area (Å²) in [5.41, 5.74) is 5.36. The smallest absolute Gasteiger partial charge is 0.236 e. The highest BCUT2D eigenvalue weighted by atomic mass is 16.2. The van der Waals surface area contributed by atoms with Crippen molar-refractivity contribution in [3.05, 3.63) is 0 Å². The molecule has 21 heavy (non-hydrogen) atoms. The maximum atomic E-state index is 12.1. The first-order chi connectivity index (χ1) is 10.1. The van der Waals surface area contributed by atoms with Crippen LogP contribution in [0.2, 0.25) is 0 Å². The largest absolute Gasteiger partial charge is 0.352 e. The number of nitrogens with two attached hydrogens (primary N) is 1. The van der Waals surface area contributed by atoms with E-state index < -0.39 is 0 Å². The van der Waals surface area contributed by atoms with Gasteiger partial charge in [-0.1, -0.05) is 19.8 Å². The van der Waals surface area contributed by atoms with Crippen LogP contribution in [0, 0.1) is 5.92 Å². The number of carbonyl (C=O) groups is 2. The molecule has 2 rings (SSSR count). The molecule has 0 bridgehead atoms. The van der Waals surface area contributed by atoms with Crippen LogP contribution in [0.15, 0.2) is 0 Å². The molecule has 120 valence electrons. The van der Waals surface area contributed by atoms with E-state index in [-0.39, 0.29) is 18.4 Å². The molecule has 0 aromatic rings. The molecule has 0 aromatic heterocycles. The van der Waals surface area contributed by atoms with E-state index in [1.807, 2.05) is 0 Å². The molecule has 2 amide bonds. The van der Waals surface area contributed by atoms with Crippen molar-refractivity contribution in [2.75, 3.05) is 39.3 Å². The van der Waals surface area contributed by atoms with E-state index in [1.54, 1.807) is 4.90 Å². The Bertz CT molecular complexity index is 367. The third-order valence-electron chi connectivity index (χ3n) is 4.57. The molecular weight excluding hydrogens is 268 g/mol. The molecule has 1 saturated heterocycles. The lowest BCUT2D eigenvalue weighted by molar-refractivity contribution is -0.131. The van der Waals surface area contributed by atoms with Gasteiger partial charge in [0.2, 0.25) is 11.8 Å². The van der Waals surface area contributed by atoms with Crippen LogP contribution in [0.4, 0.5) is 0 Å². The number of hydrogen-bond acceptors (Lipinski definition) is 4. The maximum Gasteiger partial charge on any atom is 0.236 e. The zero-order chi connectivity index (χ0) is 15.2. The van der Waals surface area contributed by atoms with E-state index >= 15 is 0 Å². The second-order valence-electron chi connectivity index (χ2n) is 6.40. The zero-order valence-electron chi connectivity index (χ0n) is 13.0. The van der Waals surface area contributed by atoms with E-state index in [0.717, 1.165) is 31.8 Å². The predicted octanol–water partition coefficient (Wildman–Crippen LogP) is -0.216. The minimum atomic E-state index is -0.00436. The number of hydrogen-bond donors (Lipinski definition) is 2. The molecule has 0 spiro atoms. The van der Waals surface area contributed by atoms with Gasteiger partial charge < -0.3 is 16.0 Å². The number of nitrogens with one attached hydrogen (secondary N) is 1. The fraction of sp³-hybridized carbons (Fsp3) is 0.867. The lowest BCUT2D eigenvalue weighted by Gasteiger charge is -2.34. The second kappa shape index (κ2) is 7.75. The Morgan fingerprint density at radius 1 is 1.19 bits per heavy atom. The Hall–Kier alpha value is -1.14. The predicted molar refractivity (Wildman–Crippen MR) is 81.6 cm³/mol. The highest BCUT2D eigenvalue weighted by molar-refractivity contribution is 5.79. The van der Waals surface area contributed by atoms with Crippen molar-refractivity contribution >= 4 is 11.8 Å². The average molecular weight is 296 g/mol. The van der Waals surface area contributed by atoms with E-state index in [9.17, 15) is 9.59 Å². The molecule has 2 unspecified atom stereocenters. The molecule has 2 atom stereocenters. The van der Waals surface area contributed by atoms with E-state index in [0.29, 0.717) is 25.7 Å². The van der Waals surface area contributed by atoms with Crippen LogP contribution < -0.4 is 11.1 Å².